The molecule has 0 saturated carbocycles. The van der Waals surface area contributed by atoms with E-state index in [9.17, 15) is 18.0 Å². The van der Waals surface area contributed by atoms with Crippen LogP contribution in [-0.4, -0.2) is 48.0 Å². The molecule has 1 rings (SSSR count). The number of carboxylic acids is 1. The van der Waals surface area contributed by atoms with Crippen LogP contribution in [-0.2, 0) is 26.2 Å². The molecule has 0 aliphatic carbocycles. The lowest BCUT2D eigenvalue weighted by Crippen LogP contribution is -2.39. The highest BCUT2D eigenvalue weighted by Gasteiger charge is 2.20. The summed E-state index contributed by atoms with van der Waals surface area (Å²) in [4.78, 5) is 25.5. The van der Waals surface area contributed by atoms with E-state index in [2.05, 4.69) is 15.0 Å². The molecule has 1 aromatic heterocycles. The second-order valence-electron chi connectivity index (χ2n) is 4.31. The fourth-order valence-corrected chi connectivity index (χ4v) is 2.53. The third-order valence-corrected chi connectivity index (χ3v) is 3.83. The monoisotopic (exact) mass is 318 g/mol. The predicted molar refractivity (Wildman–Crippen MR) is 73.1 cm³/mol. The first-order valence-corrected chi connectivity index (χ1v) is 7.76. The first-order chi connectivity index (χ1) is 9.76. The molecule has 1 heterocycles. The van der Waals surface area contributed by atoms with E-state index in [1.54, 1.807) is 11.5 Å². The van der Waals surface area contributed by atoms with Crippen LogP contribution in [0.15, 0.2) is 11.2 Å². The zero-order valence-electron chi connectivity index (χ0n) is 11.8. The molecule has 0 radical (unpaired) electrons. The van der Waals surface area contributed by atoms with Gasteiger partial charge < -0.3 is 15.0 Å². The molecule has 0 saturated heterocycles. The molecule has 1 aromatic rings. The molecule has 3 N–H and O–H groups in total. The third-order valence-electron chi connectivity index (χ3n) is 2.55. The predicted octanol–water partition coefficient (Wildman–Crippen LogP) is -0.919. The maximum Gasteiger partial charge on any atom is 0.322 e. The Labute approximate surface area is 122 Å². The summed E-state index contributed by atoms with van der Waals surface area (Å²) in [5.74, 6) is -1.38. The topological polar surface area (TPSA) is 130 Å². The molecule has 0 fully saturated rings. The number of nitrogens with one attached hydrogen (secondary N) is 2. The number of rotatable bonds is 8. The third kappa shape index (κ3) is 5.16. The maximum atomic E-state index is 12.0. The van der Waals surface area contributed by atoms with Gasteiger partial charge in [0.15, 0.2) is 5.03 Å². The number of amides is 1. The van der Waals surface area contributed by atoms with Crippen molar-refractivity contribution >= 4 is 21.9 Å². The number of carbonyl (C=O) groups excluding carboxylic acids is 1. The standard InChI is InChI=1S/C11H18N4O5S/c1-3-4-15-7-10(14-8(15)2)21(19,20)13-5-9(16)12-6-11(17)18/h7,13H,3-6H2,1-2H3,(H,12,16)(H,17,18). The second-order valence-corrected chi connectivity index (χ2v) is 6.03. The molecule has 0 aliphatic rings. The van der Waals surface area contributed by atoms with E-state index in [1.807, 2.05) is 6.92 Å². The summed E-state index contributed by atoms with van der Waals surface area (Å²) in [6.45, 7) is 3.18. The van der Waals surface area contributed by atoms with Crippen molar-refractivity contribution in [1.82, 2.24) is 19.6 Å². The van der Waals surface area contributed by atoms with Gasteiger partial charge in [-0.15, -0.1) is 0 Å². The summed E-state index contributed by atoms with van der Waals surface area (Å²) in [5.41, 5.74) is 0. The van der Waals surface area contributed by atoms with E-state index in [1.165, 1.54) is 6.20 Å². The minimum absolute atomic E-state index is 0.167. The number of aliphatic carboxylic acids is 1. The van der Waals surface area contributed by atoms with Crippen LogP contribution in [0.4, 0.5) is 0 Å². The molecule has 1 amide bonds. The van der Waals surface area contributed by atoms with Gasteiger partial charge in [-0.05, 0) is 13.3 Å². The fourth-order valence-electron chi connectivity index (χ4n) is 1.55. The molecule has 21 heavy (non-hydrogen) atoms. The van der Waals surface area contributed by atoms with Crippen molar-refractivity contribution < 1.29 is 23.1 Å². The number of hydrogen-bond donors (Lipinski definition) is 3. The normalized spacial score (nSPS) is 11.3. The minimum atomic E-state index is -3.90. The SMILES string of the molecule is CCCn1cc(S(=O)(=O)NCC(=O)NCC(=O)O)nc1C. The quantitative estimate of drug-likeness (QED) is 0.568. The summed E-state index contributed by atoms with van der Waals surface area (Å²) in [7, 11) is -3.90. The summed E-state index contributed by atoms with van der Waals surface area (Å²) in [6, 6.07) is 0. The molecule has 118 valence electrons. The Morgan fingerprint density at radius 2 is 2.05 bits per heavy atom. The molecule has 10 heteroatoms. The molecular weight excluding hydrogens is 300 g/mol. The molecule has 0 bridgehead atoms. The zero-order valence-corrected chi connectivity index (χ0v) is 12.6. The van der Waals surface area contributed by atoms with Gasteiger partial charge in [-0.3, -0.25) is 9.59 Å². The number of hydrogen-bond acceptors (Lipinski definition) is 5. The van der Waals surface area contributed by atoms with E-state index in [4.69, 9.17) is 5.11 Å². The molecule has 0 atom stereocenters. The Morgan fingerprint density at radius 3 is 2.62 bits per heavy atom. The van der Waals surface area contributed by atoms with E-state index < -0.39 is 35.0 Å². The van der Waals surface area contributed by atoms with Crippen molar-refractivity contribution in [2.45, 2.75) is 31.8 Å². The summed E-state index contributed by atoms with van der Waals surface area (Å²) >= 11 is 0. The van der Waals surface area contributed by atoms with Gasteiger partial charge >= 0.3 is 5.97 Å². The molecule has 0 spiro atoms. The molecule has 0 aliphatic heterocycles. The van der Waals surface area contributed by atoms with Crippen LogP contribution < -0.4 is 10.0 Å². The highest BCUT2D eigenvalue weighted by molar-refractivity contribution is 7.89. The Morgan fingerprint density at radius 1 is 1.38 bits per heavy atom. The van der Waals surface area contributed by atoms with Crippen molar-refractivity contribution in [2.75, 3.05) is 13.1 Å². The molecule has 9 nitrogen and oxygen atoms in total. The highest BCUT2D eigenvalue weighted by Crippen LogP contribution is 2.09. The van der Waals surface area contributed by atoms with Gasteiger partial charge in [0.25, 0.3) is 10.0 Å². The van der Waals surface area contributed by atoms with E-state index in [0.29, 0.717) is 12.4 Å². The van der Waals surface area contributed by atoms with Crippen LogP contribution >= 0.6 is 0 Å². The largest absolute Gasteiger partial charge is 0.480 e. The van der Waals surface area contributed by atoms with Crippen LogP contribution in [0.5, 0.6) is 0 Å². The van der Waals surface area contributed by atoms with Gasteiger partial charge in [-0.25, -0.2) is 18.1 Å². The number of carbonyl (C=O) groups is 2. The van der Waals surface area contributed by atoms with E-state index in [-0.39, 0.29) is 5.03 Å². The average Bonchev–Trinajstić information content (AvgIpc) is 2.77. The number of sulfonamides is 1. The van der Waals surface area contributed by atoms with Crippen molar-refractivity contribution in [3.05, 3.63) is 12.0 Å². The van der Waals surface area contributed by atoms with Crippen LogP contribution in [0.3, 0.4) is 0 Å². The van der Waals surface area contributed by atoms with Gasteiger partial charge in [0.1, 0.15) is 12.4 Å². The first-order valence-electron chi connectivity index (χ1n) is 6.28. The van der Waals surface area contributed by atoms with Crippen LogP contribution in [0.2, 0.25) is 0 Å². The Hall–Kier alpha value is -1.94. The molecule has 0 unspecified atom stereocenters. The van der Waals surface area contributed by atoms with Crippen molar-refractivity contribution in [3.8, 4) is 0 Å². The minimum Gasteiger partial charge on any atom is -0.480 e. The number of carboxylic acid groups (broad SMARTS) is 1. The van der Waals surface area contributed by atoms with Crippen molar-refractivity contribution in [2.24, 2.45) is 0 Å². The Balaban J connectivity index is 2.67. The van der Waals surface area contributed by atoms with E-state index in [0.717, 1.165) is 6.42 Å². The fraction of sp³-hybridized carbons (Fsp3) is 0.545. The van der Waals surface area contributed by atoms with Gasteiger partial charge in [0, 0.05) is 12.7 Å². The average molecular weight is 318 g/mol. The number of aromatic nitrogens is 2. The lowest BCUT2D eigenvalue weighted by atomic mass is 10.5. The van der Waals surface area contributed by atoms with E-state index >= 15 is 0 Å². The van der Waals surface area contributed by atoms with Gasteiger partial charge in [0.05, 0.1) is 6.54 Å². The summed E-state index contributed by atoms with van der Waals surface area (Å²) in [6.07, 6.45) is 2.23. The second kappa shape index (κ2) is 7.18. The maximum absolute atomic E-state index is 12.0. The number of aryl methyl sites for hydroxylation is 2. The smallest absolute Gasteiger partial charge is 0.322 e. The lowest BCUT2D eigenvalue weighted by molar-refractivity contribution is -0.137. The van der Waals surface area contributed by atoms with Gasteiger partial charge in [-0.2, -0.15) is 0 Å². The molecule has 0 aromatic carbocycles. The summed E-state index contributed by atoms with van der Waals surface area (Å²) in [5, 5.41) is 10.3. The highest BCUT2D eigenvalue weighted by atomic mass is 32.2. The first kappa shape index (κ1) is 17.1. The van der Waals surface area contributed by atoms with Gasteiger partial charge in [0.2, 0.25) is 5.91 Å². The number of imidazole rings is 1. The lowest BCUT2D eigenvalue weighted by Gasteiger charge is -2.04. The van der Waals surface area contributed by atoms with Crippen LogP contribution in [0.1, 0.15) is 19.2 Å². The number of nitrogens with zero attached hydrogens (tertiary/aromatic N) is 2. The Kier molecular flexibility index (Phi) is 5.85. The Bertz CT molecular complexity index is 623. The summed E-state index contributed by atoms with van der Waals surface area (Å²) < 4.78 is 27.7. The van der Waals surface area contributed by atoms with Crippen molar-refractivity contribution in [1.29, 1.82) is 0 Å². The zero-order chi connectivity index (χ0) is 16.0. The van der Waals surface area contributed by atoms with Gasteiger partial charge in [-0.1, -0.05) is 6.92 Å². The molecular formula is C11H18N4O5S. The van der Waals surface area contributed by atoms with Crippen LogP contribution in [0, 0.1) is 6.92 Å². The van der Waals surface area contributed by atoms with Crippen LogP contribution in [0.25, 0.3) is 0 Å². The van der Waals surface area contributed by atoms with Crippen molar-refractivity contribution in [3.63, 3.8) is 0 Å².